The van der Waals surface area contributed by atoms with Crippen molar-refractivity contribution in [2.45, 2.75) is 20.0 Å². The molecule has 3 aromatic rings. The minimum absolute atomic E-state index is 0.0271. The molecular weight excluding hydrogens is 627 g/mol. The number of amides is 1. The van der Waals surface area contributed by atoms with Gasteiger partial charge in [-0.15, -0.1) is 6.58 Å². The fraction of sp³-hybridized carbons (Fsp3) is 0.111. The van der Waals surface area contributed by atoms with Gasteiger partial charge in [0.05, 0.1) is 4.47 Å². The third-order valence-electron chi connectivity index (χ3n) is 4.91. The fourth-order valence-corrected chi connectivity index (χ4v) is 4.32. The van der Waals surface area contributed by atoms with Crippen LogP contribution in [0.4, 0.5) is 5.69 Å². The van der Waals surface area contributed by atoms with Crippen molar-refractivity contribution in [1.29, 1.82) is 5.26 Å². The molecule has 0 aliphatic rings. The molecule has 0 bridgehead atoms. The number of carbonyl (C=O) groups excluding carboxylic acids is 1. The zero-order valence-corrected chi connectivity index (χ0v) is 22.9. The SMILES string of the molecule is C=CCc1cc(/C=C(/C#N)C(=O)Nc2ccc(C)c(Cl)c2)cc(Br)c1OCc1ccc(I)cc1. The summed E-state index contributed by atoms with van der Waals surface area (Å²) in [5, 5.41) is 12.9. The molecule has 0 atom stereocenters. The quantitative estimate of drug-likeness (QED) is 0.117. The number of aryl methyl sites for hydroxylation is 1. The third kappa shape index (κ3) is 6.95. The van der Waals surface area contributed by atoms with E-state index in [1.165, 1.54) is 0 Å². The number of hydrogen-bond acceptors (Lipinski definition) is 3. The van der Waals surface area contributed by atoms with Gasteiger partial charge in [0.1, 0.15) is 24.0 Å². The van der Waals surface area contributed by atoms with E-state index in [9.17, 15) is 10.1 Å². The van der Waals surface area contributed by atoms with Crippen LogP contribution in [-0.4, -0.2) is 5.91 Å². The Bertz CT molecular complexity index is 1300. The van der Waals surface area contributed by atoms with Gasteiger partial charge in [0, 0.05) is 14.3 Å². The largest absolute Gasteiger partial charge is 0.487 e. The lowest BCUT2D eigenvalue weighted by Crippen LogP contribution is -2.13. The van der Waals surface area contributed by atoms with Gasteiger partial charge < -0.3 is 10.1 Å². The van der Waals surface area contributed by atoms with Crippen LogP contribution < -0.4 is 10.1 Å². The minimum Gasteiger partial charge on any atom is -0.487 e. The molecule has 7 heteroatoms. The summed E-state index contributed by atoms with van der Waals surface area (Å²) in [7, 11) is 0. The highest BCUT2D eigenvalue weighted by Crippen LogP contribution is 2.33. The monoisotopic (exact) mass is 646 g/mol. The van der Waals surface area contributed by atoms with Crippen LogP contribution in [0.5, 0.6) is 5.75 Å². The number of ether oxygens (including phenoxy) is 1. The Hall–Kier alpha value is -2.60. The second kappa shape index (κ2) is 12.2. The summed E-state index contributed by atoms with van der Waals surface area (Å²) >= 11 is 12.0. The zero-order valence-electron chi connectivity index (χ0n) is 18.4. The summed E-state index contributed by atoms with van der Waals surface area (Å²) in [6.45, 7) is 6.13. The number of hydrogen-bond donors (Lipinski definition) is 1. The van der Waals surface area contributed by atoms with Gasteiger partial charge >= 0.3 is 0 Å². The van der Waals surface area contributed by atoms with Crippen LogP contribution in [0.2, 0.25) is 5.02 Å². The fourth-order valence-electron chi connectivity index (χ4n) is 3.15. The molecule has 3 rings (SSSR count). The van der Waals surface area contributed by atoms with E-state index < -0.39 is 5.91 Å². The lowest BCUT2D eigenvalue weighted by atomic mass is 10.0. The molecule has 0 fully saturated rings. The zero-order chi connectivity index (χ0) is 24.7. The van der Waals surface area contributed by atoms with E-state index in [2.05, 4.69) is 50.4 Å². The summed E-state index contributed by atoms with van der Waals surface area (Å²) in [5.74, 6) is 0.190. The van der Waals surface area contributed by atoms with E-state index in [0.29, 0.717) is 35.1 Å². The Morgan fingerprint density at radius 1 is 1.24 bits per heavy atom. The van der Waals surface area contributed by atoms with E-state index >= 15 is 0 Å². The Balaban J connectivity index is 1.84. The van der Waals surface area contributed by atoms with Crippen molar-refractivity contribution >= 4 is 67.8 Å². The number of rotatable bonds is 8. The molecule has 1 N–H and O–H groups in total. The molecule has 0 saturated heterocycles. The highest BCUT2D eigenvalue weighted by molar-refractivity contribution is 14.1. The maximum absolute atomic E-state index is 12.7. The molecule has 0 unspecified atom stereocenters. The Morgan fingerprint density at radius 3 is 2.62 bits per heavy atom. The molecule has 0 spiro atoms. The average molecular weight is 648 g/mol. The number of benzene rings is 3. The molecule has 0 aliphatic carbocycles. The van der Waals surface area contributed by atoms with Gasteiger partial charge in [0.2, 0.25) is 0 Å². The second-order valence-electron chi connectivity index (χ2n) is 7.49. The van der Waals surface area contributed by atoms with Crippen molar-refractivity contribution in [3.05, 3.63) is 108 Å². The molecule has 3 aromatic carbocycles. The van der Waals surface area contributed by atoms with Crippen molar-refractivity contribution in [3.8, 4) is 11.8 Å². The van der Waals surface area contributed by atoms with E-state index in [1.807, 2.05) is 49.4 Å². The van der Waals surface area contributed by atoms with Gasteiger partial charge in [-0.2, -0.15) is 5.26 Å². The number of carbonyl (C=O) groups is 1. The van der Waals surface area contributed by atoms with Crippen LogP contribution in [0.1, 0.15) is 22.3 Å². The molecule has 1 amide bonds. The van der Waals surface area contributed by atoms with Crippen LogP contribution in [0.25, 0.3) is 6.08 Å². The van der Waals surface area contributed by atoms with E-state index in [1.54, 1.807) is 30.4 Å². The van der Waals surface area contributed by atoms with E-state index in [-0.39, 0.29) is 5.57 Å². The second-order valence-corrected chi connectivity index (χ2v) is 9.99. The summed E-state index contributed by atoms with van der Waals surface area (Å²) in [5.41, 5.74) is 4.04. The molecule has 0 saturated carbocycles. The van der Waals surface area contributed by atoms with Gasteiger partial charge in [-0.05, 0) is 117 Å². The van der Waals surface area contributed by atoms with E-state index in [4.69, 9.17) is 16.3 Å². The maximum Gasteiger partial charge on any atom is 0.266 e. The normalized spacial score (nSPS) is 11.0. The Labute approximate surface area is 226 Å². The van der Waals surface area contributed by atoms with Crippen molar-refractivity contribution in [3.63, 3.8) is 0 Å². The van der Waals surface area contributed by atoms with Crippen LogP contribution >= 0.6 is 50.1 Å². The molecular formula is C27H21BrClIN2O2. The van der Waals surface area contributed by atoms with Gasteiger partial charge in [-0.3, -0.25) is 4.79 Å². The number of nitriles is 1. The number of nitrogens with zero attached hydrogens (tertiary/aromatic N) is 1. The molecule has 4 nitrogen and oxygen atoms in total. The van der Waals surface area contributed by atoms with Gasteiger partial charge in [-0.25, -0.2) is 0 Å². The van der Waals surface area contributed by atoms with Crippen molar-refractivity contribution in [2.24, 2.45) is 0 Å². The summed E-state index contributed by atoms with van der Waals surface area (Å²) in [4.78, 5) is 12.7. The smallest absolute Gasteiger partial charge is 0.266 e. The van der Waals surface area contributed by atoms with Gasteiger partial charge in [-0.1, -0.05) is 35.9 Å². The Kier molecular flexibility index (Phi) is 9.34. The number of allylic oxidation sites excluding steroid dienone is 1. The minimum atomic E-state index is -0.511. The van der Waals surface area contributed by atoms with Crippen LogP contribution in [0.3, 0.4) is 0 Å². The van der Waals surface area contributed by atoms with Crippen molar-refractivity contribution in [2.75, 3.05) is 5.32 Å². The topological polar surface area (TPSA) is 62.1 Å². The predicted molar refractivity (Wildman–Crippen MR) is 150 cm³/mol. The van der Waals surface area contributed by atoms with Crippen LogP contribution in [-0.2, 0) is 17.8 Å². The maximum atomic E-state index is 12.7. The first-order chi connectivity index (χ1) is 16.3. The van der Waals surface area contributed by atoms with Crippen LogP contribution in [0, 0.1) is 21.8 Å². The highest BCUT2D eigenvalue weighted by atomic mass is 127. The molecule has 0 radical (unpaired) electrons. The first kappa shape index (κ1) is 26.0. The first-order valence-electron chi connectivity index (χ1n) is 10.3. The van der Waals surface area contributed by atoms with Gasteiger partial charge in [0.25, 0.3) is 5.91 Å². The molecule has 0 heterocycles. The van der Waals surface area contributed by atoms with Gasteiger partial charge in [0.15, 0.2) is 0 Å². The summed E-state index contributed by atoms with van der Waals surface area (Å²) in [6, 6.07) is 19.0. The number of nitrogens with one attached hydrogen (secondary N) is 1. The highest BCUT2D eigenvalue weighted by Gasteiger charge is 2.14. The number of anilines is 1. The molecule has 172 valence electrons. The standard InChI is InChI=1S/C27H21BrClIN2O2/c1-3-4-20-11-19(13-24(28)26(20)34-16-18-6-8-22(30)9-7-18)12-21(15-31)27(33)32-23-10-5-17(2)25(29)14-23/h3,5-14H,1,4,16H2,2H3,(H,32,33)/b21-12-. The molecule has 0 aliphatic heterocycles. The average Bonchev–Trinajstić information content (AvgIpc) is 2.80. The van der Waals surface area contributed by atoms with Crippen LogP contribution in [0.15, 0.2) is 77.3 Å². The molecule has 0 aromatic heterocycles. The molecule has 34 heavy (non-hydrogen) atoms. The predicted octanol–water partition coefficient (Wildman–Crippen LogP) is 7.87. The van der Waals surface area contributed by atoms with Crippen molar-refractivity contribution in [1.82, 2.24) is 0 Å². The number of halogens is 3. The summed E-state index contributed by atoms with van der Waals surface area (Å²) < 4.78 is 7.99. The Morgan fingerprint density at radius 2 is 1.97 bits per heavy atom. The third-order valence-corrected chi connectivity index (χ3v) is 6.62. The first-order valence-corrected chi connectivity index (χ1v) is 12.6. The lowest BCUT2D eigenvalue weighted by Gasteiger charge is -2.14. The van der Waals surface area contributed by atoms with E-state index in [0.717, 1.165) is 24.7 Å². The lowest BCUT2D eigenvalue weighted by molar-refractivity contribution is -0.112. The van der Waals surface area contributed by atoms with Crippen molar-refractivity contribution < 1.29 is 9.53 Å². The summed E-state index contributed by atoms with van der Waals surface area (Å²) in [6.07, 6.45) is 3.90.